The van der Waals surface area contributed by atoms with Gasteiger partial charge in [0, 0.05) is 19.3 Å². The van der Waals surface area contributed by atoms with E-state index in [1.165, 1.54) is 21.8 Å². The van der Waals surface area contributed by atoms with Crippen molar-refractivity contribution in [2.75, 3.05) is 5.32 Å². The second-order valence-electron chi connectivity index (χ2n) is 6.83. The molecule has 2 aromatic carbocycles. The summed E-state index contributed by atoms with van der Waals surface area (Å²) in [7, 11) is 1.63. The number of hydrogen-bond donors (Lipinski definition) is 2. The Balaban J connectivity index is 1.51. The molecule has 1 amide bonds. The molecule has 0 fully saturated rings. The molecule has 2 aromatic heterocycles. The van der Waals surface area contributed by atoms with Gasteiger partial charge in [-0.25, -0.2) is 4.98 Å². The van der Waals surface area contributed by atoms with Gasteiger partial charge >= 0.3 is 0 Å². The summed E-state index contributed by atoms with van der Waals surface area (Å²) >= 11 is 0. The van der Waals surface area contributed by atoms with Crippen LogP contribution in [-0.2, 0) is 13.5 Å². The number of carbonyl (C=O) groups is 1. The van der Waals surface area contributed by atoms with Crippen LogP contribution in [0.2, 0.25) is 0 Å². The molecule has 144 valence electrons. The Morgan fingerprint density at radius 2 is 1.83 bits per heavy atom. The fraction of sp³-hybridized carbons (Fsp3) is 0.0870. The third-order valence-corrected chi connectivity index (χ3v) is 4.62. The zero-order chi connectivity index (χ0) is 20.2. The molecule has 0 aliphatic rings. The number of anilines is 1. The number of benzene rings is 2. The maximum atomic E-state index is 12.5. The van der Waals surface area contributed by atoms with E-state index in [0.717, 1.165) is 17.7 Å². The lowest BCUT2D eigenvalue weighted by Crippen LogP contribution is -2.18. The van der Waals surface area contributed by atoms with Crippen LogP contribution in [0.25, 0.3) is 11.3 Å². The molecular formula is C23H20N4O2. The number of H-pyrrole nitrogens is 1. The summed E-state index contributed by atoms with van der Waals surface area (Å²) in [4.78, 5) is 31.2. The summed E-state index contributed by atoms with van der Waals surface area (Å²) < 4.78 is 1.40. The fourth-order valence-corrected chi connectivity index (χ4v) is 3.12. The summed E-state index contributed by atoms with van der Waals surface area (Å²) in [6.07, 6.45) is 4.05. The highest BCUT2D eigenvalue weighted by molar-refractivity contribution is 6.01. The minimum atomic E-state index is -0.365. The number of nitrogens with one attached hydrogen (secondary N) is 2. The number of pyridine rings is 1. The molecule has 0 aliphatic heterocycles. The number of aromatic nitrogens is 3. The average molecular weight is 384 g/mol. The van der Waals surface area contributed by atoms with E-state index in [4.69, 9.17) is 0 Å². The molecular weight excluding hydrogens is 364 g/mol. The Morgan fingerprint density at radius 1 is 1.03 bits per heavy atom. The van der Waals surface area contributed by atoms with Gasteiger partial charge in [0.1, 0.15) is 0 Å². The number of carbonyl (C=O) groups excluding carboxylic acids is 1. The normalized spacial score (nSPS) is 10.7. The van der Waals surface area contributed by atoms with Crippen LogP contribution in [0.1, 0.15) is 21.7 Å². The zero-order valence-corrected chi connectivity index (χ0v) is 15.9. The van der Waals surface area contributed by atoms with Crippen LogP contribution in [0.4, 0.5) is 5.69 Å². The SMILES string of the molecule is Cn1cc(NC(=O)c2ncc(-c3cccc(Cc4ccccc4)c3)[nH]2)ccc1=O. The molecule has 0 spiro atoms. The van der Waals surface area contributed by atoms with Crippen LogP contribution in [0.15, 0.2) is 83.9 Å². The van der Waals surface area contributed by atoms with Crippen LogP contribution in [0.5, 0.6) is 0 Å². The van der Waals surface area contributed by atoms with Crippen LogP contribution in [-0.4, -0.2) is 20.4 Å². The molecule has 2 N–H and O–H groups in total. The fourth-order valence-electron chi connectivity index (χ4n) is 3.12. The monoisotopic (exact) mass is 384 g/mol. The van der Waals surface area contributed by atoms with E-state index >= 15 is 0 Å². The van der Waals surface area contributed by atoms with Crippen molar-refractivity contribution in [2.45, 2.75) is 6.42 Å². The molecule has 0 atom stereocenters. The molecule has 0 aliphatic carbocycles. The first-order valence-electron chi connectivity index (χ1n) is 9.25. The van der Waals surface area contributed by atoms with Gasteiger partial charge in [0.2, 0.25) is 5.56 Å². The molecule has 4 rings (SSSR count). The number of imidazole rings is 1. The second-order valence-corrected chi connectivity index (χ2v) is 6.83. The molecule has 0 bridgehead atoms. The van der Waals surface area contributed by atoms with Gasteiger partial charge in [-0.1, -0.05) is 48.5 Å². The van der Waals surface area contributed by atoms with Gasteiger partial charge in [0.15, 0.2) is 5.82 Å². The lowest BCUT2D eigenvalue weighted by atomic mass is 10.0. The van der Waals surface area contributed by atoms with Gasteiger partial charge in [-0.3, -0.25) is 9.59 Å². The lowest BCUT2D eigenvalue weighted by molar-refractivity contribution is 0.101. The number of aryl methyl sites for hydroxylation is 1. The van der Waals surface area contributed by atoms with Crippen molar-refractivity contribution in [3.63, 3.8) is 0 Å². The highest BCUT2D eigenvalue weighted by Gasteiger charge is 2.12. The van der Waals surface area contributed by atoms with E-state index in [0.29, 0.717) is 5.69 Å². The van der Waals surface area contributed by atoms with E-state index < -0.39 is 0 Å². The Kier molecular flexibility index (Phi) is 5.07. The quantitative estimate of drug-likeness (QED) is 0.552. The van der Waals surface area contributed by atoms with E-state index in [1.54, 1.807) is 25.5 Å². The Bertz CT molecular complexity index is 1210. The lowest BCUT2D eigenvalue weighted by Gasteiger charge is -2.05. The van der Waals surface area contributed by atoms with E-state index in [9.17, 15) is 9.59 Å². The zero-order valence-electron chi connectivity index (χ0n) is 15.9. The van der Waals surface area contributed by atoms with Crippen LogP contribution >= 0.6 is 0 Å². The summed E-state index contributed by atoms with van der Waals surface area (Å²) in [5.41, 5.74) is 4.54. The predicted octanol–water partition coefficient (Wildman–Crippen LogP) is 3.62. The largest absolute Gasteiger partial charge is 0.334 e. The molecule has 0 radical (unpaired) electrons. The van der Waals surface area contributed by atoms with Gasteiger partial charge in [-0.05, 0) is 35.2 Å². The minimum absolute atomic E-state index is 0.140. The van der Waals surface area contributed by atoms with Crippen molar-refractivity contribution < 1.29 is 4.79 Å². The summed E-state index contributed by atoms with van der Waals surface area (Å²) in [6, 6.07) is 21.4. The molecule has 0 saturated carbocycles. The highest BCUT2D eigenvalue weighted by atomic mass is 16.2. The van der Waals surface area contributed by atoms with Crippen LogP contribution in [0, 0.1) is 0 Å². The molecule has 0 unspecified atom stereocenters. The van der Waals surface area contributed by atoms with E-state index in [2.05, 4.69) is 39.6 Å². The second kappa shape index (κ2) is 7.98. The van der Waals surface area contributed by atoms with Gasteiger partial charge in [0.25, 0.3) is 5.91 Å². The standard InChI is InChI=1S/C23H20N4O2/c1-27-15-19(10-11-21(27)28)25-23(29)22-24-14-20(26-22)18-9-5-8-17(13-18)12-16-6-3-2-4-7-16/h2-11,13-15H,12H2,1H3,(H,24,26)(H,25,29). The third-order valence-electron chi connectivity index (χ3n) is 4.62. The van der Waals surface area contributed by atoms with Crippen LogP contribution < -0.4 is 10.9 Å². The van der Waals surface area contributed by atoms with E-state index in [-0.39, 0.29) is 17.3 Å². The topological polar surface area (TPSA) is 79.8 Å². The van der Waals surface area contributed by atoms with Crippen molar-refractivity contribution in [3.8, 4) is 11.3 Å². The summed E-state index contributed by atoms with van der Waals surface area (Å²) in [5.74, 6) is -0.155. The van der Waals surface area contributed by atoms with Crippen molar-refractivity contribution in [2.24, 2.45) is 7.05 Å². The van der Waals surface area contributed by atoms with Crippen LogP contribution in [0.3, 0.4) is 0 Å². The maximum Gasteiger partial charge on any atom is 0.291 e. The van der Waals surface area contributed by atoms with Crippen molar-refractivity contribution in [3.05, 3.63) is 106 Å². The molecule has 2 heterocycles. The van der Waals surface area contributed by atoms with Crippen molar-refractivity contribution >= 4 is 11.6 Å². The average Bonchev–Trinajstić information content (AvgIpc) is 3.22. The maximum absolute atomic E-state index is 12.5. The molecule has 6 nitrogen and oxygen atoms in total. The summed E-state index contributed by atoms with van der Waals surface area (Å²) in [5, 5.41) is 2.74. The number of hydrogen-bond acceptors (Lipinski definition) is 3. The molecule has 29 heavy (non-hydrogen) atoms. The first-order valence-corrected chi connectivity index (χ1v) is 9.25. The number of rotatable bonds is 5. The van der Waals surface area contributed by atoms with Gasteiger partial charge in [-0.15, -0.1) is 0 Å². The van der Waals surface area contributed by atoms with Crippen molar-refractivity contribution in [1.82, 2.24) is 14.5 Å². The van der Waals surface area contributed by atoms with Gasteiger partial charge in [0.05, 0.1) is 17.6 Å². The predicted molar refractivity (Wildman–Crippen MR) is 113 cm³/mol. The Hall–Kier alpha value is -3.93. The number of nitrogens with zero attached hydrogens (tertiary/aromatic N) is 2. The molecule has 4 aromatic rings. The number of aromatic amines is 1. The van der Waals surface area contributed by atoms with E-state index in [1.807, 2.05) is 30.3 Å². The first-order chi connectivity index (χ1) is 14.1. The molecule has 0 saturated heterocycles. The Morgan fingerprint density at radius 3 is 2.62 bits per heavy atom. The minimum Gasteiger partial charge on any atom is -0.334 e. The molecule has 6 heteroatoms. The van der Waals surface area contributed by atoms with Gasteiger partial charge in [-0.2, -0.15) is 0 Å². The first kappa shape index (κ1) is 18.4. The van der Waals surface area contributed by atoms with Crippen molar-refractivity contribution in [1.29, 1.82) is 0 Å². The summed E-state index contributed by atoms with van der Waals surface area (Å²) in [6.45, 7) is 0. The highest BCUT2D eigenvalue weighted by Crippen LogP contribution is 2.20. The van der Waals surface area contributed by atoms with Gasteiger partial charge < -0.3 is 14.9 Å². The third kappa shape index (κ3) is 4.32. The Labute approximate surface area is 167 Å². The smallest absolute Gasteiger partial charge is 0.291 e. The number of amides is 1.